The second-order valence-corrected chi connectivity index (χ2v) is 7.72. The van der Waals surface area contributed by atoms with Crippen LogP contribution in [0.1, 0.15) is 83.5 Å². The molecule has 3 atom stereocenters. The number of rotatable bonds is 2. The van der Waals surface area contributed by atoms with Gasteiger partial charge >= 0.3 is 0 Å². The zero-order valence-corrected chi connectivity index (χ0v) is 13.1. The van der Waals surface area contributed by atoms with Crippen molar-refractivity contribution in [2.24, 2.45) is 11.8 Å². The lowest BCUT2D eigenvalue weighted by Gasteiger charge is -2.53. The highest BCUT2D eigenvalue weighted by Crippen LogP contribution is 2.51. The van der Waals surface area contributed by atoms with E-state index in [0.29, 0.717) is 12.8 Å². The maximum atomic E-state index is 12.4. The van der Waals surface area contributed by atoms with Gasteiger partial charge in [0.2, 0.25) is 0 Å². The maximum absolute atomic E-state index is 12.4. The van der Waals surface area contributed by atoms with Crippen LogP contribution in [0, 0.1) is 11.8 Å². The molecule has 0 saturated heterocycles. The smallest absolute Gasteiger partial charge is 0.138 e. The van der Waals surface area contributed by atoms with Gasteiger partial charge in [-0.3, -0.25) is 4.79 Å². The predicted molar refractivity (Wildman–Crippen MR) is 81.9 cm³/mol. The van der Waals surface area contributed by atoms with Gasteiger partial charge in [0.15, 0.2) is 0 Å². The Balaban J connectivity index is 1.87. The molecule has 0 heterocycles. The van der Waals surface area contributed by atoms with E-state index in [1.807, 2.05) is 0 Å². The quantitative estimate of drug-likeness (QED) is 0.821. The van der Waals surface area contributed by atoms with Gasteiger partial charge in [-0.15, -0.1) is 0 Å². The molecule has 0 aromatic rings. The minimum Gasteiger partial charge on any atom is -0.389 e. The second kappa shape index (κ2) is 6.00. The van der Waals surface area contributed by atoms with E-state index >= 15 is 0 Å². The summed E-state index contributed by atoms with van der Waals surface area (Å²) in [6, 6.07) is 0. The molecular formula is C18H30O3. The van der Waals surface area contributed by atoms with Crippen molar-refractivity contribution >= 4 is 5.78 Å². The van der Waals surface area contributed by atoms with E-state index in [9.17, 15) is 15.0 Å². The first-order valence-corrected chi connectivity index (χ1v) is 9.04. The van der Waals surface area contributed by atoms with Crippen LogP contribution in [0.25, 0.3) is 0 Å². The summed E-state index contributed by atoms with van der Waals surface area (Å²) in [6.45, 7) is 0. The van der Waals surface area contributed by atoms with E-state index in [1.54, 1.807) is 0 Å². The fourth-order valence-electron chi connectivity index (χ4n) is 5.36. The van der Waals surface area contributed by atoms with Crippen molar-refractivity contribution < 1.29 is 15.0 Å². The largest absolute Gasteiger partial charge is 0.389 e. The Labute approximate surface area is 128 Å². The van der Waals surface area contributed by atoms with Crippen molar-refractivity contribution in [3.8, 4) is 0 Å². The zero-order chi connectivity index (χ0) is 14.9. The number of hydrogen-bond acceptors (Lipinski definition) is 3. The minimum absolute atomic E-state index is 0.0916. The van der Waals surface area contributed by atoms with Crippen LogP contribution in [-0.4, -0.2) is 27.2 Å². The van der Waals surface area contributed by atoms with Crippen molar-refractivity contribution in [3.63, 3.8) is 0 Å². The molecule has 3 rings (SSSR count). The summed E-state index contributed by atoms with van der Waals surface area (Å²) in [5, 5.41) is 22.6. The van der Waals surface area contributed by atoms with Gasteiger partial charge in [0.1, 0.15) is 5.78 Å². The Morgan fingerprint density at radius 1 is 0.810 bits per heavy atom. The monoisotopic (exact) mass is 294 g/mol. The van der Waals surface area contributed by atoms with Gasteiger partial charge in [0.25, 0.3) is 0 Å². The molecule has 0 aliphatic heterocycles. The molecule has 3 saturated carbocycles. The summed E-state index contributed by atoms with van der Waals surface area (Å²) in [5.74, 6) is -0.0661. The minimum atomic E-state index is -0.943. The summed E-state index contributed by atoms with van der Waals surface area (Å²) in [4.78, 5) is 12.4. The van der Waals surface area contributed by atoms with Crippen LogP contribution >= 0.6 is 0 Å². The van der Waals surface area contributed by atoms with E-state index < -0.39 is 11.2 Å². The molecule has 0 unspecified atom stereocenters. The number of carbonyl (C=O) groups is 1. The number of hydrogen-bond donors (Lipinski definition) is 2. The topological polar surface area (TPSA) is 57.5 Å². The molecular weight excluding hydrogens is 264 g/mol. The Morgan fingerprint density at radius 2 is 1.48 bits per heavy atom. The first kappa shape index (κ1) is 15.5. The predicted octanol–water partition coefficient (Wildman–Crippen LogP) is 3.36. The fraction of sp³-hybridized carbons (Fsp3) is 0.944. The second-order valence-electron chi connectivity index (χ2n) is 7.72. The van der Waals surface area contributed by atoms with Gasteiger partial charge in [-0.05, 0) is 38.5 Å². The summed E-state index contributed by atoms with van der Waals surface area (Å²) in [6.07, 6.45) is 12.0. The number of Topliss-reactive ketones (excluding diaryl/α,β-unsaturated/α-hetero) is 1. The molecule has 3 nitrogen and oxygen atoms in total. The Hall–Kier alpha value is -0.410. The normalized spacial score (nSPS) is 41.0. The first-order valence-electron chi connectivity index (χ1n) is 9.04. The molecule has 3 aliphatic carbocycles. The first-order chi connectivity index (χ1) is 10.1. The molecule has 0 radical (unpaired) electrons. The van der Waals surface area contributed by atoms with Gasteiger partial charge < -0.3 is 10.2 Å². The van der Waals surface area contributed by atoms with E-state index in [-0.39, 0.29) is 17.6 Å². The molecule has 3 heteroatoms. The lowest BCUT2D eigenvalue weighted by atomic mass is 9.57. The Kier molecular flexibility index (Phi) is 4.42. The van der Waals surface area contributed by atoms with E-state index in [2.05, 4.69) is 0 Å². The van der Waals surface area contributed by atoms with Crippen LogP contribution in [-0.2, 0) is 4.79 Å². The Morgan fingerprint density at radius 3 is 2.19 bits per heavy atom. The molecule has 0 spiro atoms. The number of ketones is 1. The molecule has 0 bridgehead atoms. The third-order valence-corrected chi connectivity index (χ3v) is 6.45. The van der Waals surface area contributed by atoms with Crippen molar-refractivity contribution in [1.82, 2.24) is 0 Å². The highest BCUT2D eigenvalue weighted by molar-refractivity contribution is 5.83. The van der Waals surface area contributed by atoms with Crippen LogP contribution in [0.2, 0.25) is 0 Å². The van der Waals surface area contributed by atoms with Crippen molar-refractivity contribution in [2.75, 3.05) is 0 Å². The highest BCUT2D eigenvalue weighted by atomic mass is 16.3. The summed E-state index contributed by atoms with van der Waals surface area (Å²) in [7, 11) is 0. The lowest BCUT2D eigenvalue weighted by Crippen LogP contribution is -2.59. The van der Waals surface area contributed by atoms with Crippen LogP contribution in [0.5, 0.6) is 0 Å². The lowest BCUT2D eigenvalue weighted by molar-refractivity contribution is -0.187. The van der Waals surface area contributed by atoms with Gasteiger partial charge in [-0.25, -0.2) is 0 Å². The highest BCUT2D eigenvalue weighted by Gasteiger charge is 2.55. The molecule has 0 aromatic carbocycles. The standard InChI is InChI=1S/C18H30O3/c19-15-9-3-2-8-14(15)18(21)13-7-4-10-16(18)17(20)11-5-1-6-12-17/h14,16,20-21H,1-13H2/t14-,16-,18+/m0/s1. The zero-order valence-electron chi connectivity index (χ0n) is 13.1. The summed E-state index contributed by atoms with van der Waals surface area (Å²) in [5.41, 5.74) is -1.67. The van der Waals surface area contributed by atoms with Gasteiger partial charge in [0.05, 0.1) is 11.2 Å². The number of carbonyl (C=O) groups excluding carboxylic acids is 1. The fourth-order valence-corrected chi connectivity index (χ4v) is 5.36. The van der Waals surface area contributed by atoms with Crippen LogP contribution in [0.4, 0.5) is 0 Å². The van der Waals surface area contributed by atoms with Crippen molar-refractivity contribution in [2.45, 2.75) is 94.7 Å². The van der Waals surface area contributed by atoms with Gasteiger partial charge in [-0.2, -0.15) is 0 Å². The Bertz CT molecular complexity index is 386. The van der Waals surface area contributed by atoms with Crippen molar-refractivity contribution in [1.29, 1.82) is 0 Å². The number of aliphatic hydroxyl groups is 2. The third-order valence-electron chi connectivity index (χ3n) is 6.45. The molecule has 21 heavy (non-hydrogen) atoms. The summed E-state index contributed by atoms with van der Waals surface area (Å²) >= 11 is 0. The van der Waals surface area contributed by atoms with Crippen LogP contribution in [0.15, 0.2) is 0 Å². The van der Waals surface area contributed by atoms with Gasteiger partial charge in [0, 0.05) is 18.3 Å². The SMILES string of the molecule is O=C1CCCC[C@@H]1[C@]1(O)CCCC[C@H]1C1(O)CCCCC1. The van der Waals surface area contributed by atoms with Gasteiger partial charge in [-0.1, -0.05) is 38.5 Å². The molecule has 3 aliphatic rings. The molecule has 120 valence electrons. The average Bonchev–Trinajstić information content (AvgIpc) is 2.48. The summed E-state index contributed by atoms with van der Waals surface area (Å²) < 4.78 is 0. The maximum Gasteiger partial charge on any atom is 0.138 e. The van der Waals surface area contributed by atoms with Crippen molar-refractivity contribution in [3.05, 3.63) is 0 Å². The third kappa shape index (κ3) is 2.79. The van der Waals surface area contributed by atoms with E-state index in [4.69, 9.17) is 0 Å². The molecule has 3 fully saturated rings. The van der Waals surface area contributed by atoms with E-state index in [0.717, 1.165) is 64.2 Å². The average molecular weight is 294 g/mol. The van der Waals surface area contributed by atoms with Crippen LogP contribution < -0.4 is 0 Å². The van der Waals surface area contributed by atoms with E-state index in [1.165, 1.54) is 6.42 Å². The molecule has 2 N–H and O–H groups in total. The molecule has 0 amide bonds. The molecule has 0 aromatic heterocycles. The van der Waals surface area contributed by atoms with Crippen LogP contribution in [0.3, 0.4) is 0 Å².